The molecule has 126 valence electrons. The van der Waals surface area contributed by atoms with Crippen LogP contribution in [0.1, 0.15) is 27.2 Å². The summed E-state index contributed by atoms with van der Waals surface area (Å²) in [6.45, 7) is 5.38. The van der Waals surface area contributed by atoms with Crippen molar-refractivity contribution in [1.82, 2.24) is 4.90 Å². The molecule has 1 aliphatic heterocycles. The molecule has 2 N–H and O–H groups in total. The first-order chi connectivity index (χ1) is 10.7. The molecule has 0 bridgehead atoms. The van der Waals surface area contributed by atoms with E-state index in [4.69, 9.17) is 4.74 Å². The smallest absolute Gasteiger partial charge is 0.411 e. The summed E-state index contributed by atoms with van der Waals surface area (Å²) in [4.78, 5) is 26.0. The van der Waals surface area contributed by atoms with Gasteiger partial charge < -0.3 is 15.2 Å². The number of nitrogens with one attached hydrogen (secondary N) is 1. The Hall–Kier alpha value is -1.35. The SMILES string of the molecule is CC(C)(C)OC(=O)N1CC(O)CC1C(=O)Nc1ccc(I)cc1. The summed E-state index contributed by atoms with van der Waals surface area (Å²) in [7, 11) is 0. The molecule has 1 aromatic rings. The van der Waals surface area contributed by atoms with E-state index >= 15 is 0 Å². The number of likely N-dealkylation sites (tertiary alicyclic amines) is 1. The molecule has 0 radical (unpaired) electrons. The van der Waals surface area contributed by atoms with Crippen LogP contribution >= 0.6 is 22.6 Å². The van der Waals surface area contributed by atoms with Crippen LogP contribution in [0.5, 0.6) is 0 Å². The Kier molecular flexibility index (Phi) is 5.51. The molecule has 0 saturated carbocycles. The molecular weight excluding hydrogens is 411 g/mol. The van der Waals surface area contributed by atoms with Crippen molar-refractivity contribution >= 4 is 40.3 Å². The predicted molar refractivity (Wildman–Crippen MR) is 95.1 cm³/mol. The molecule has 2 amide bonds. The average molecular weight is 432 g/mol. The van der Waals surface area contributed by atoms with Gasteiger partial charge in [-0.1, -0.05) is 0 Å². The molecule has 1 heterocycles. The number of aliphatic hydroxyl groups excluding tert-OH is 1. The molecule has 2 atom stereocenters. The van der Waals surface area contributed by atoms with Crippen LogP contribution in [0, 0.1) is 3.57 Å². The molecular formula is C16H21IN2O4. The number of β-amino-alcohol motifs (C(OH)–C–C–N with tert-alkyl or cyclic N) is 1. The van der Waals surface area contributed by atoms with E-state index in [0.717, 1.165) is 3.57 Å². The predicted octanol–water partition coefficient (Wildman–Crippen LogP) is 2.60. The van der Waals surface area contributed by atoms with Gasteiger partial charge in [0.15, 0.2) is 0 Å². The number of aliphatic hydroxyl groups is 1. The number of nitrogens with zero attached hydrogens (tertiary/aromatic N) is 1. The zero-order chi connectivity index (χ0) is 17.2. The molecule has 2 unspecified atom stereocenters. The number of carbonyl (C=O) groups excluding carboxylic acids is 2. The fourth-order valence-electron chi connectivity index (χ4n) is 2.34. The molecule has 0 spiro atoms. The number of ether oxygens (including phenoxy) is 1. The zero-order valence-electron chi connectivity index (χ0n) is 13.4. The van der Waals surface area contributed by atoms with E-state index in [1.807, 2.05) is 12.1 Å². The van der Waals surface area contributed by atoms with Crippen LogP contribution in [0.2, 0.25) is 0 Å². The lowest BCUT2D eigenvalue weighted by Crippen LogP contribution is -2.45. The van der Waals surface area contributed by atoms with Crippen LogP contribution in [0.15, 0.2) is 24.3 Å². The quantitative estimate of drug-likeness (QED) is 0.705. The third-order valence-electron chi connectivity index (χ3n) is 3.32. The number of benzene rings is 1. The van der Waals surface area contributed by atoms with E-state index in [-0.39, 0.29) is 18.9 Å². The lowest BCUT2D eigenvalue weighted by Gasteiger charge is -2.27. The monoisotopic (exact) mass is 432 g/mol. The maximum Gasteiger partial charge on any atom is 0.411 e. The van der Waals surface area contributed by atoms with Crippen LogP contribution in [0.3, 0.4) is 0 Å². The minimum absolute atomic E-state index is 0.0969. The Labute approximate surface area is 149 Å². The van der Waals surface area contributed by atoms with Crippen molar-refractivity contribution in [3.05, 3.63) is 27.8 Å². The number of hydrogen-bond acceptors (Lipinski definition) is 4. The molecule has 7 heteroatoms. The number of halogens is 1. The first kappa shape index (κ1) is 18.0. The third-order valence-corrected chi connectivity index (χ3v) is 4.04. The van der Waals surface area contributed by atoms with Crippen molar-refractivity contribution in [2.75, 3.05) is 11.9 Å². The van der Waals surface area contributed by atoms with E-state index in [1.165, 1.54) is 4.90 Å². The third kappa shape index (κ3) is 5.07. The summed E-state index contributed by atoms with van der Waals surface area (Å²) >= 11 is 2.18. The normalized spacial score (nSPS) is 21.2. The number of anilines is 1. The summed E-state index contributed by atoms with van der Waals surface area (Å²) in [6.07, 6.45) is -1.11. The van der Waals surface area contributed by atoms with Gasteiger partial charge in [0.2, 0.25) is 5.91 Å². The summed E-state index contributed by atoms with van der Waals surface area (Å²) < 4.78 is 6.37. The highest BCUT2D eigenvalue weighted by atomic mass is 127. The van der Waals surface area contributed by atoms with Crippen LogP contribution in [0.4, 0.5) is 10.5 Å². The van der Waals surface area contributed by atoms with Crippen LogP contribution in [-0.4, -0.2) is 46.3 Å². The molecule has 1 aromatic carbocycles. The molecule has 1 fully saturated rings. The van der Waals surface area contributed by atoms with Crippen molar-refractivity contribution in [3.63, 3.8) is 0 Å². The Balaban J connectivity index is 2.07. The Morgan fingerprint density at radius 2 is 1.91 bits per heavy atom. The number of rotatable bonds is 2. The Morgan fingerprint density at radius 3 is 2.48 bits per heavy atom. The maximum absolute atomic E-state index is 12.5. The highest BCUT2D eigenvalue weighted by molar-refractivity contribution is 14.1. The summed E-state index contributed by atoms with van der Waals surface area (Å²) in [6, 6.07) is 6.61. The maximum atomic E-state index is 12.5. The zero-order valence-corrected chi connectivity index (χ0v) is 15.5. The van der Waals surface area contributed by atoms with E-state index < -0.39 is 23.8 Å². The Morgan fingerprint density at radius 1 is 1.30 bits per heavy atom. The second kappa shape index (κ2) is 7.04. The van der Waals surface area contributed by atoms with Gasteiger partial charge in [-0.25, -0.2) is 4.79 Å². The van der Waals surface area contributed by atoms with Crippen LogP contribution in [0.25, 0.3) is 0 Å². The minimum Gasteiger partial charge on any atom is -0.444 e. The number of amides is 2. The Bertz CT molecular complexity index is 583. The standard InChI is InChI=1S/C16H21IN2O4/c1-16(2,3)23-15(22)19-9-12(20)8-13(19)14(21)18-11-6-4-10(17)5-7-11/h4-7,12-13,20H,8-9H2,1-3H3,(H,18,21). The first-order valence-corrected chi connectivity index (χ1v) is 8.48. The van der Waals surface area contributed by atoms with Gasteiger partial charge >= 0.3 is 6.09 Å². The van der Waals surface area contributed by atoms with E-state index in [1.54, 1.807) is 32.9 Å². The van der Waals surface area contributed by atoms with E-state index in [2.05, 4.69) is 27.9 Å². The van der Waals surface area contributed by atoms with Crippen molar-refractivity contribution in [3.8, 4) is 0 Å². The second-order valence-corrected chi connectivity index (χ2v) is 7.78. The van der Waals surface area contributed by atoms with Gasteiger partial charge in [-0.15, -0.1) is 0 Å². The van der Waals surface area contributed by atoms with Crippen LogP contribution < -0.4 is 5.32 Å². The van der Waals surface area contributed by atoms with Gasteiger partial charge in [0, 0.05) is 15.7 Å². The molecule has 1 aliphatic rings. The number of hydrogen-bond donors (Lipinski definition) is 2. The molecule has 23 heavy (non-hydrogen) atoms. The van der Waals surface area contributed by atoms with Gasteiger partial charge in [-0.2, -0.15) is 0 Å². The van der Waals surface area contributed by atoms with Crippen molar-refractivity contribution in [2.24, 2.45) is 0 Å². The summed E-state index contributed by atoms with van der Waals surface area (Å²) in [5, 5.41) is 12.6. The van der Waals surface area contributed by atoms with Gasteiger partial charge in [0.25, 0.3) is 0 Å². The molecule has 6 nitrogen and oxygen atoms in total. The van der Waals surface area contributed by atoms with Gasteiger partial charge in [-0.3, -0.25) is 9.69 Å². The topological polar surface area (TPSA) is 78.9 Å². The van der Waals surface area contributed by atoms with E-state index in [0.29, 0.717) is 5.69 Å². The van der Waals surface area contributed by atoms with Crippen molar-refractivity contribution < 1.29 is 19.4 Å². The summed E-state index contributed by atoms with van der Waals surface area (Å²) in [5.74, 6) is -0.325. The molecule has 2 rings (SSSR count). The highest BCUT2D eigenvalue weighted by Gasteiger charge is 2.40. The van der Waals surface area contributed by atoms with E-state index in [9.17, 15) is 14.7 Å². The lowest BCUT2D eigenvalue weighted by atomic mass is 10.2. The van der Waals surface area contributed by atoms with Crippen molar-refractivity contribution in [2.45, 2.75) is 44.9 Å². The largest absolute Gasteiger partial charge is 0.444 e. The lowest BCUT2D eigenvalue weighted by molar-refractivity contribution is -0.120. The van der Waals surface area contributed by atoms with Gasteiger partial charge in [-0.05, 0) is 67.6 Å². The van der Waals surface area contributed by atoms with Gasteiger partial charge in [0.05, 0.1) is 12.6 Å². The minimum atomic E-state index is -0.737. The molecule has 0 aliphatic carbocycles. The second-order valence-electron chi connectivity index (χ2n) is 6.53. The summed E-state index contributed by atoms with van der Waals surface area (Å²) in [5.41, 5.74) is 0.00263. The fourth-order valence-corrected chi connectivity index (χ4v) is 2.70. The average Bonchev–Trinajstić information content (AvgIpc) is 2.82. The molecule has 1 saturated heterocycles. The van der Waals surface area contributed by atoms with Crippen LogP contribution in [-0.2, 0) is 9.53 Å². The van der Waals surface area contributed by atoms with Gasteiger partial charge in [0.1, 0.15) is 11.6 Å². The fraction of sp³-hybridized carbons (Fsp3) is 0.500. The highest BCUT2D eigenvalue weighted by Crippen LogP contribution is 2.23. The molecule has 0 aromatic heterocycles. The number of carbonyl (C=O) groups is 2. The first-order valence-electron chi connectivity index (χ1n) is 7.40. The van der Waals surface area contributed by atoms with Crippen molar-refractivity contribution in [1.29, 1.82) is 0 Å².